The van der Waals surface area contributed by atoms with Gasteiger partial charge in [-0.25, -0.2) is 22.8 Å². The van der Waals surface area contributed by atoms with Crippen molar-refractivity contribution in [3.8, 4) is 22.9 Å². The molecular weight excluding hydrogens is 726 g/mol. The first-order valence-corrected chi connectivity index (χ1v) is 19.5. The van der Waals surface area contributed by atoms with Crippen LogP contribution < -0.4 is 25.0 Å². The number of piperazine rings is 1. The Kier molecular flexibility index (Phi) is 12.2. The van der Waals surface area contributed by atoms with Gasteiger partial charge in [0.15, 0.2) is 5.82 Å². The number of aromatic nitrogens is 4. The number of benzene rings is 3. The van der Waals surface area contributed by atoms with Crippen molar-refractivity contribution in [2.24, 2.45) is 0 Å². The third-order valence-electron chi connectivity index (χ3n) is 9.02. The Hall–Kier alpha value is -5.71. The number of sulfonamides is 1. The average Bonchev–Trinajstić information content (AvgIpc) is 3.16. The Morgan fingerprint density at radius 1 is 0.855 bits per heavy atom. The van der Waals surface area contributed by atoms with Gasteiger partial charge < -0.3 is 25.0 Å². The Bertz CT molecular complexity index is 2180. The molecule has 0 unspecified atom stereocenters. The molecule has 1 aliphatic rings. The molecule has 2 aromatic heterocycles. The van der Waals surface area contributed by atoms with Gasteiger partial charge in [0.1, 0.15) is 29.0 Å². The summed E-state index contributed by atoms with van der Waals surface area (Å²) in [6.45, 7) is 6.48. The first kappa shape index (κ1) is 39.0. The molecule has 55 heavy (non-hydrogen) atoms. The van der Waals surface area contributed by atoms with E-state index in [2.05, 4.69) is 20.4 Å². The molecule has 1 saturated heterocycles. The topological polar surface area (TPSA) is 155 Å². The summed E-state index contributed by atoms with van der Waals surface area (Å²) in [5.41, 5.74) is 3.90. The van der Waals surface area contributed by atoms with Gasteiger partial charge in [0.25, 0.3) is 0 Å². The highest BCUT2D eigenvalue weighted by Crippen LogP contribution is 2.31. The average molecular weight is 770 g/mol. The predicted octanol–water partition coefficient (Wildman–Crippen LogP) is 5.38. The predicted molar refractivity (Wildman–Crippen MR) is 209 cm³/mol. The molecular formula is C39H44FN9O5S. The van der Waals surface area contributed by atoms with Crippen LogP contribution in [0.2, 0.25) is 0 Å². The number of carbonyl (C=O) groups excluding carboxylic acids is 1. The van der Waals surface area contributed by atoms with Crippen LogP contribution in [0.1, 0.15) is 29.4 Å². The van der Waals surface area contributed by atoms with Crippen LogP contribution in [0.15, 0.2) is 79.0 Å². The lowest BCUT2D eigenvalue weighted by atomic mass is 10.1. The maximum atomic E-state index is 15.0. The minimum Gasteiger partial charge on any atom is -0.497 e. The molecule has 1 aliphatic heterocycles. The van der Waals surface area contributed by atoms with Crippen molar-refractivity contribution >= 4 is 39.1 Å². The van der Waals surface area contributed by atoms with Crippen molar-refractivity contribution in [3.63, 3.8) is 0 Å². The molecule has 288 valence electrons. The lowest BCUT2D eigenvalue weighted by molar-refractivity contribution is -0.114. The number of hydrogen-bond donors (Lipinski definition) is 2. The number of halogens is 1. The summed E-state index contributed by atoms with van der Waals surface area (Å²) in [7, 11) is -0.0162. The highest BCUT2D eigenvalue weighted by atomic mass is 32.2. The van der Waals surface area contributed by atoms with Crippen LogP contribution in [0.25, 0.3) is 11.4 Å². The van der Waals surface area contributed by atoms with E-state index in [1.807, 2.05) is 54.6 Å². The molecule has 2 N–H and O–H groups in total. The summed E-state index contributed by atoms with van der Waals surface area (Å²) < 4.78 is 51.5. The van der Waals surface area contributed by atoms with E-state index >= 15 is 4.39 Å². The maximum Gasteiger partial charge on any atom is 0.229 e. The molecule has 0 aliphatic carbocycles. The zero-order chi connectivity index (χ0) is 39.1. The Labute approximate surface area is 320 Å². The molecule has 16 heteroatoms. The molecule has 0 spiro atoms. The van der Waals surface area contributed by atoms with Crippen LogP contribution in [0, 0.1) is 12.7 Å². The fourth-order valence-corrected chi connectivity index (χ4v) is 7.02. The van der Waals surface area contributed by atoms with Gasteiger partial charge in [-0.05, 0) is 72.1 Å². The number of amides is 1. The van der Waals surface area contributed by atoms with Gasteiger partial charge in [-0.2, -0.15) is 14.3 Å². The fourth-order valence-electron chi connectivity index (χ4n) is 6.19. The number of methoxy groups -OCH3 is 2. The van der Waals surface area contributed by atoms with E-state index in [1.54, 1.807) is 33.4 Å². The van der Waals surface area contributed by atoms with Gasteiger partial charge in [-0.15, -0.1) is 0 Å². The van der Waals surface area contributed by atoms with E-state index in [0.717, 1.165) is 28.2 Å². The molecule has 0 bridgehead atoms. The molecule has 14 nitrogen and oxygen atoms in total. The van der Waals surface area contributed by atoms with Crippen LogP contribution in [0.5, 0.6) is 11.5 Å². The van der Waals surface area contributed by atoms with Gasteiger partial charge in [0.2, 0.25) is 21.9 Å². The monoisotopic (exact) mass is 769 g/mol. The van der Waals surface area contributed by atoms with Crippen molar-refractivity contribution in [2.75, 3.05) is 62.2 Å². The zero-order valence-electron chi connectivity index (χ0n) is 31.4. The van der Waals surface area contributed by atoms with Crippen LogP contribution in [0.3, 0.4) is 0 Å². The molecule has 1 amide bonds. The van der Waals surface area contributed by atoms with Crippen molar-refractivity contribution in [3.05, 3.63) is 107 Å². The lowest BCUT2D eigenvalue weighted by Crippen LogP contribution is -2.47. The quantitative estimate of drug-likeness (QED) is 0.149. The van der Waals surface area contributed by atoms with E-state index in [9.17, 15) is 13.2 Å². The SMILES string of the molecule is COc1ccc(CN(Cc2ccc(OC)cc2)c2nc(C)nc(-c3cc(CN4CCN(S(C)(=O)=O)CC4)cnc3Nc3ccc(NC(C)=O)c(F)c3)n2)cc1. The van der Waals surface area contributed by atoms with E-state index in [4.69, 9.17) is 29.4 Å². The summed E-state index contributed by atoms with van der Waals surface area (Å²) in [6, 6.07) is 22.0. The molecule has 0 saturated carbocycles. The second-order valence-corrected chi connectivity index (χ2v) is 15.2. The van der Waals surface area contributed by atoms with Gasteiger partial charge in [0, 0.05) is 64.6 Å². The fraction of sp³-hybridized carbons (Fsp3) is 0.308. The Morgan fingerprint density at radius 3 is 2.02 bits per heavy atom. The number of ether oxygens (including phenoxy) is 2. The third kappa shape index (κ3) is 10.3. The largest absolute Gasteiger partial charge is 0.497 e. The standard InChI is InChI=1S/C39H44FN9O5S/c1-26-42-38(46-39(43-26)48(24-28-6-11-32(53-3)12-7-28)25-29-8-13-33(54-4)14-9-29)34-20-30(23-47-16-18-49(19-17-47)55(5,51)52)22-41-37(34)45-31-10-15-36(35(40)21-31)44-27(2)50/h6-15,20-22H,16-19,23-25H2,1-5H3,(H,41,45)(H,44,50). The van der Waals surface area contributed by atoms with Crippen LogP contribution >= 0.6 is 0 Å². The minimum absolute atomic E-state index is 0.0593. The maximum absolute atomic E-state index is 15.0. The summed E-state index contributed by atoms with van der Waals surface area (Å²) in [5, 5.41) is 5.71. The van der Waals surface area contributed by atoms with Crippen molar-refractivity contribution in [1.82, 2.24) is 29.1 Å². The van der Waals surface area contributed by atoms with E-state index in [-0.39, 0.29) is 11.6 Å². The third-order valence-corrected chi connectivity index (χ3v) is 10.3. The number of anilines is 4. The number of nitrogens with zero attached hydrogens (tertiary/aromatic N) is 7. The second kappa shape index (κ2) is 17.2. The highest BCUT2D eigenvalue weighted by Gasteiger charge is 2.24. The number of rotatable bonds is 14. The molecule has 1 fully saturated rings. The van der Waals surface area contributed by atoms with Gasteiger partial charge in [-0.3, -0.25) is 9.69 Å². The second-order valence-electron chi connectivity index (χ2n) is 13.2. The Morgan fingerprint density at radius 2 is 1.47 bits per heavy atom. The Balaban J connectivity index is 1.38. The molecule has 6 rings (SSSR count). The number of aryl methyl sites for hydroxylation is 1. The van der Waals surface area contributed by atoms with Crippen molar-refractivity contribution < 1.29 is 27.1 Å². The van der Waals surface area contributed by atoms with Gasteiger partial charge in [0.05, 0.1) is 31.7 Å². The van der Waals surface area contributed by atoms with Crippen molar-refractivity contribution in [2.45, 2.75) is 33.5 Å². The van der Waals surface area contributed by atoms with Crippen LogP contribution in [-0.4, -0.2) is 90.1 Å². The smallest absolute Gasteiger partial charge is 0.229 e. The number of carbonyl (C=O) groups is 1. The van der Waals surface area contributed by atoms with Gasteiger partial charge >= 0.3 is 0 Å². The number of nitrogens with one attached hydrogen (secondary N) is 2. The van der Waals surface area contributed by atoms with E-state index in [1.165, 1.54) is 29.6 Å². The first-order chi connectivity index (χ1) is 26.4. The summed E-state index contributed by atoms with van der Waals surface area (Å²) in [4.78, 5) is 35.1. The molecule has 0 atom stereocenters. The molecule has 5 aromatic rings. The van der Waals surface area contributed by atoms with Crippen LogP contribution in [0.4, 0.5) is 27.5 Å². The van der Waals surface area contributed by atoms with E-state index in [0.29, 0.717) is 80.5 Å². The summed E-state index contributed by atoms with van der Waals surface area (Å²) in [6.07, 6.45) is 2.95. The molecule has 3 aromatic carbocycles. The molecule has 0 radical (unpaired) electrons. The van der Waals surface area contributed by atoms with Crippen LogP contribution in [-0.2, 0) is 34.5 Å². The van der Waals surface area contributed by atoms with Crippen molar-refractivity contribution in [1.29, 1.82) is 0 Å². The lowest BCUT2D eigenvalue weighted by Gasteiger charge is -2.33. The normalized spacial score (nSPS) is 13.6. The van der Waals surface area contributed by atoms with Gasteiger partial charge in [-0.1, -0.05) is 24.3 Å². The minimum atomic E-state index is -3.27. The number of pyridine rings is 1. The zero-order valence-corrected chi connectivity index (χ0v) is 32.2. The van der Waals surface area contributed by atoms with E-state index < -0.39 is 15.8 Å². The first-order valence-electron chi connectivity index (χ1n) is 17.6. The molecule has 3 heterocycles. The highest BCUT2D eigenvalue weighted by molar-refractivity contribution is 7.88. The summed E-state index contributed by atoms with van der Waals surface area (Å²) in [5.74, 6) is 2.15. The summed E-state index contributed by atoms with van der Waals surface area (Å²) >= 11 is 0. The number of hydrogen-bond acceptors (Lipinski definition) is 12.